The Labute approximate surface area is 108 Å². The van der Waals surface area contributed by atoms with E-state index >= 15 is 0 Å². The van der Waals surface area contributed by atoms with Crippen molar-refractivity contribution >= 4 is 11.0 Å². The molecule has 0 saturated heterocycles. The summed E-state index contributed by atoms with van der Waals surface area (Å²) in [7, 11) is 0. The number of hydrogen-bond donors (Lipinski definition) is 2. The summed E-state index contributed by atoms with van der Waals surface area (Å²) in [5, 5.41) is 20.0. The van der Waals surface area contributed by atoms with Crippen molar-refractivity contribution in [3.8, 4) is 22.6 Å². The fourth-order valence-electron chi connectivity index (χ4n) is 2.05. The van der Waals surface area contributed by atoms with Crippen LogP contribution in [-0.4, -0.2) is 10.2 Å². The Morgan fingerprint density at radius 3 is 2.32 bits per heavy atom. The summed E-state index contributed by atoms with van der Waals surface area (Å²) in [4.78, 5) is 12.4. The van der Waals surface area contributed by atoms with Gasteiger partial charge in [-0.2, -0.15) is 0 Å². The number of benzene rings is 2. The Morgan fingerprint density at radius 1 is 0.895 bits per heavy atom. The van der Waals surface area contributed by atoms with Gasteiger partial charge in [0.15, 0.2) is 0 Å². The van der Waals surface area contributed by atoms with Crippen LogP contribution in [0.4, 0.5) is 0 Å². The molecule has 4 heteroatoms. The summed E-state index contributed by atoms with van der Waals surface area (Å²) in [5.41, 5.74) is 0.390. The first kappa shape index (κ1) is 11.3. The van der Waals surface area contributed by atoms with Gasteiger partial charge in [-0.05, 0) is 24.3 Å². The number of fused-ring (bicyclic) bond motifs is 1. The molecular weight excluding hydrogens is 244 g/mol. The molecule has 2 aromatic carbocycles. The van der Waals surface area contributed by atoms with Crippen molar-refractivity contribution in [2.45, 2.75) is 0 Å². The molecule has 0 aliphatic rings. The molecule has 0 aliphatic carbocycles. The first-order valence-electron chi connectivity index (χ1n) is 5.70. The van der Waals surface area contributed by atoms with Gasteiger partial charge >= 0.3 is 0 Å². The van der Waals surface area contributed by atoms with E-state index in [-0.39, 0.29) is 28.1 Å². The van der Waals surface area contributed by atoms with Crippen LogP contribution in [-0.2, 0) is 0 Å². The minimum absolute atomic E-state index is 0.0852. The van der Waals surface area contributed by atoms with Crippen LogP contribution in [0.3, 0.4) is 0 Å². The van der Waals surface area contributed by atoms with Crippen molar-refractivity contribution in [2.75, 3.05) is 0 Å². The van der Waals surface area contributed by atoms with E-state index < -0.39 is 0 Å². The summed E-state index contributed by atoms with van der Waals surface area (Å²) in [6, 6.07) is 11.1. The second kappa shape index (κ2) is 4.17. The molecule has 3 rings (SSSR count). The van der Waals surface area contributed by atoms with Gasteiger partial charge in [-0.1, -0.05) is 18.2 Å². The van der Waals surface area contributed by atoms with Gasteiger partial charge in [0.25, 0.3) is 0 Å². The number of phenolic OH excluding ortho intramolecular Hbond substituents is 2. The van der Waals surface area contributed by atoms with E-state index in [1.165, 1.54) is 24.5 Å². The molecule has 0 aliphatic heterocycles. The highest BCUT2D eigenvalue weighted by Gasteiger charge is 2.15. The summed E-state index contributed by atoms with van der Waals surface area (Å²) in [6.07, 6.45) is 1.25. The molecule has 0 unspecified atom stereocenters. The molecule has 4 nitrogen and oxygen atoms in total. The van der Waals surface area contributed by atoms with Crippen molar-refractivity contribution < 1.29 is 14.6 Å². The Hall–Kier alpha value is -2.75. The molecule has 3 aromatic rings. The fraction of sp³-hybridized carbons (Fsp3) is 0. The van der Waals surface area contributed by atoms with E-state index in [9.17, 15) is 15.0 Å². The van der Waals surface area contributed by atoms with Gasteiger partial charge in [-0.25, -0.2) is 0 Å². The van der Waals surface area contributed by atoms with E-state index in [1.54, 1.807) is 24.3 Å². The number of para-hydroxylation sites is 1. The lowest BCUT2D eigenvalue weighted by Crippen LogP contribution is -2.04. The minimum atomic E-state index is -0.293. The molecule has 1 heterocycles. The third-order valence-corrected chi connectivity index (χ3v) is 2.97. The Kier molecular flexibility index (Phi) is 2.49. The summed E-state index contributed by atoms with van der Waals surface area (Å²) in [5.74, 6) is -0.329. The van der Waals surface area contributed by atoms with Crippen LogP contribution >= 0.6 is 0 Å². The van der Waals surface area contributed by atoms with Gasteiger partial charge in [-0.15, -0.1) is 0 Å². The van der Waals surface area contributed by atoms with E-state index in [1.807, 2.05) is 0 Å². The highest BCUT2D eigenvalue weighted by molar-refractivity contribution is 5.84. The molecule has 2 N–H and O–H groups in total. The first-order valence-corrected chi connectivity index (χ1v) is 5.70. The van der Waals surface area contributed by atoms with Crippen LogP contribution in [0.25, 0.3) is 22.1 Å². The third kappa shape index (κ3) is 1.74. The highest BCUT2D eigenvalue weighted by Crippen LogP contribution is 2.35. The number of hydrogen-bond acceptors (Lipinski definition) is 4. The molecule has 94 valence electrons. The fourth-order valence-corrected chi connectivity index (χ4v) is 2.05. The molecule has 0 amide bonds. The predicted octanol–water partition coefficient (Wildman–Crippen LogP) is 2.87. The van der Waals surface area contributed by atoms with Gasteiger partial charge in [-0.3, -0.25) is 4.79 Å². The molecule has 0 bridgehead atoms. The van der Waals surface area contributed by atoms with Crippen molar-refractivity contribution in [2.24, 2.45) is 0 Å². The summed E-state index contributed by atoms with van der Waals surface area (Å²) in [6.45, 7) is 0. The SMILES string of the molecule is O=c1c(-c2c(O)cccc2O)coc2ccccc12. The van der Waals surface area contributed by atoms with Crippen LogP contribution in [0.2, 0.25) is 0 Å². The second-order valence-electron chi connectivity index (χ2n) is 4.15. The topological polar surface area (TPSA) is 70.7 Å². The number of rotatable bonds is 1. The zero-order valence-electron chi connectivity index (χ0n) is 9.83. The van der Waals surface area contributed by atoms with Crippen LogP contribution in [0, 0.1) is 0 Å². The molecule has 19 heavy (non-hydrogen) atoms. The maximum Gasteiger partial charge on any atom is 0.200 e. The van der Waals surface area contributed by atoms with Gasteiger partial charge in [0.05, 0.1) is 16.5 Å². The first-order chi connectivity index (χ1) is 9.18. The van der Waals surface area contributed by atoms with Gasteiger partial charge in [0.1, 0.15) is 23.3 Å². The van der Waals surface area contributed by atoms with Crippen molar-refractivity contribution in [3.05, 3.63) is 59.0 Å². The lowest BCUT2D eigenvalue weighted by Gasteiger charge is -2.06. The highest BCUT2D eigenvalue weighted by atomic mass is 16.3. The maximum absolute atomic E-state index is 12.4. The van der Waals surface area contributed by atoms with Gasteiger partial charge < -0.3 is 14.6 Å². The van der Waals surface area contributed by atoms with Crippen LogP contribution in [0.1, 0.15) is 0 Å². The smallest absolute Gasteiger partial charge is 0.200 e. The number of aromatic hydroxyl groups is 2. The average Bonchev–Trinajstić information content (AvgIpc) is 2.41. The van der Waals surface area contributed by atoms with Crippen molar-refractivity contribution in [3.63, 3.8) is 0 Å². The van der Waals surface area contributed by atoms with Crippen LogP contribution < -0.4 is 5.43 Å². The van der Waals surface area contributed by atoms with Crippen molar-refractivity contribution in [1.82, 2.24) is 0 Å². The van der Waals surface area contributed by atoms with E-state index in [4.69, 9.17) is 4.42 Å². The molecule has 0 fully saturated rings. The largest absolute Gasteiger partial charge is 0.507 e. The third-order valence-electron chi connectivity index (χ3n) is 2.97. The van der Waals surface area contributed by atoms with Crippen LogP contribution in [0.15, 0.2) is 57.9 Å². The molecule has 1 aromatic heterocycles. The van der Waals surface area contributed by atoms with E-state index in [0.29, 0.717) is 11.0 Å². The normalized spacial score (nSPS) is 10.7. The number of phenols is 2. The molecule has 0 atom stereocenters. The molecular formula is C15H10O4. The van der Waals surface area contributed by atoms with E-state index in [0.717, 1.165) is 0 Å². The summed E-state index contributed by atoms with van der Waals surface area (Å²) < 4.78 is 5.37. The van der Waals surface area contributed by atoms with Crippen molar-refractivity contribution in [1.29, 1.82) is 0 Å². The summed E-state index contributed by atoms with van der Waals surface area (Å²) >= 11 is 0. The maximum atomic E-state index is 12.4. The van der Waals surface area contributed by atoms with Gasteiger partial charge in [0, 0.05) is 0 Å². The van der Waals surface area contributed by atoms with E-state index in [2.05, 4.69) is 0 Å². The lowest BCUT2D eigenvalue weighted by atomic mass is 10.0. The second-order valence-corrected chi connectivity index (χ2v) is 4.15. The van der Waals surface area contributed by atoms with Crippen LogP contribution in [0.5, 0.6) is 11.5 Å². The Bertz CT molecular complexity index is 797. The lowest BCUT2D eigenvalue weighted by molar-refractivity contribution is 0.453. The molecule has 0 radical (unpaired) electrons. The minimum Gasteiger partial charge on any atom is -0.507 e. The zero-order chi connectivity index (χ0) is 13.4. The Balaban J connectivity index is 2.39. The zero-order valence-corrected chi connectivity index (χ0v) is 9.83. The Morgan fingerprint density at radius 2 is 1.58 bits per heavy atom. The quantitative estimate of drug-likeness (QED) is 0.700. The molecule has 0 spiro atoms. The monoisotopic (exact) mass is 254 g/mol. The average molecular weight is 254 g/mol. The predicted molar refractivity (Wildman–Crippen MR) is 71.2 cm³/mol. The standard InChI is InChI=1S/C15H10O4/c16-11-5-3-6-12(17)14(11)10-8-19-13-7-2-1-4-9(13)15(10)18/h1-8,16-17H. The van der Waals surface area contributed by atoms with Gasteiger partial charge in [0.2, 0.25) is 5.43 Å². The molecule has 0 saturated carbocycles.